The Morgan fingerprint density at radius 2 is 1.70 bits per heavy atom. The van der Waals surface area contributed by atoms with Crippen molar-refractivity contribution in [2.45, 2.75) is 26.3 Å². The summed E-state index contributed by atoms with van der Waals surface area (Å²) in [6.07, 6.45) is 0.787. The molecule has 0 bridgehead atoms. The number of aromatic nitrogens is 2. The van der Waals surface area contributed by atoms with Crippen molar-refractivity contribution >= 4 is 11.6 Å². The number of methoxy groups -OCH3 is 1. The van der Waals surface area contributed by atoms with E-state index >= 15 is 0 Å². The van der Waals surface area contributed by atoms with Gasteiger partial charge in [0.25, 0.3) is 5.56 Å². The number of rotatable bonds is 9. The fourth-order valence-corrected chi connectivity index (χ4v) is 2.94. The molecule has 0 fully saturated rings. The summed E-state index contributed by atoms with van der Waals surface area (Å²) < 4.78 is 11.9. The molecule has 0 aliphatic heterocycles. The molecule has 0 spiro atoms. The first-order chi connectivity index (χ1) is 14.6. The van der Waals surface area contributed by atoms with Crippen LogP contribution >= 0.6 is 0 Å². The molecule has 2 aromatic carbocycles. The number of carbonyl (C=O) groups excluding carboxylic acids is 1. The molecule has 0 radical (unpaired) electrons. The summed E-state index contributed by atoms with van der Waals surface area (Å²) >= 11 is 0. The number of hydrogen-bond donors (Lipinski definition) is 1. The van der Waals surface area contributed by atoms with Crippen LogP contribution < -0.4 is 20.3 Å². The number of ether oxygens (including phenoxy) is 2. The molecule has 7 heteroatoms. The number of anilines is 1. The largest absolute Gasteiger partial charge is 0.497 e. The molecule has 0 aliphatic rings. The summed E-state index contributed by atoms with van der Waals surface area (Å²) in [6, 6.07) is 17.9. The van der Waals surface area contributed by atoms with Crippen molar-refractivity contribution in [1.29, 1.82) is 0 Å². The van der Waals surface area contributed by atoms with Crippen molar-refractivity contribution in [2.75, 3.05) is 19.0 Å². The molecule has 0 aliphatic carbocycles. The maximum atomic E-state index is 12.2. The highest BCUT2D eigenvalue weighted by Gasteiger charge is 2.07. The van der Waals surface area contributed by atoms with Gasteiger partial charge in [0.15, 0.2) is 0 Å². The molecule has 1 amide bonds. The second kappa shape index (κ2) is 10.2. The van der Waals surface area contributed by atoms with E-state index in [1.54, 1.807) is 37.4 Å². The number of hydrogen-bond acceptors (Lipinski definition) is 5. The molecular weight excluding hydrogens is 382 g/mol. The lowest BCUT2D eigenvalue weighted by atomic mass is 10.1. The first-order valence-corrected chi connectivity index (χ1v) is 9.84. The molecule has 0 saturated heterocycles. The number of nitrogens with one attached hydrogen (secondary N) is 1. The van der Waals surface area contributed by atoms with Crippen LogP contribution in [0.1, 0.15) is 19.8 Å². The molecule has 7 nitrogen and oxygen atoms in total. The number of benzene rings is 2. The van der Waals surface area contributed by atoms with Crippen LogP contribution in [0.5, 0.6) is 11.5 Å². The van der Waals surface area contributed by atoms with Gasteiger partial charge in [0.1, 0.15) is 11.5 Å². The zero-order valence-electron chi connectivity index (χ0n) is 17.1. The minimum atomic E-state index is -0.194. The average molecular weight is 407 g/mol. The maximum absolute atomic E-state index is 12.2. The minimum Gasteiger partial charge on any atom is -0.497 e. The monoisotopic (exact) mass is 407 g/mol. The summed E-state index contributed by atoms with van der Waals surface area (Å²) in [5.41, 5.74) is 2.10. The van der Waals surface area contributed by atoms with E-state index in [0.29, 0.717) is 31.0 Å². The summed E-state index contributed by atoms with van der Waals surface area (Å²) in [6.45, 7) is 2.90. The van der Waals surface area contributed by atoms with Gasteiger partial charge >= 0.3 is 0 Å². The zero-order valence-corrected chi connectivity index (χ0v) is 17.1. The Kier molecular flexibility index (Phi) is 7.21. The van der Waals surface area contributed by atoms with Crippen molar-refractivity contribution < 1.29 is 14.3 Å². The third kappa shape index (κ3) is 5.70. The second-order valence-corrected chi connectivity index (χ2v) is 6.62. The highest BCUT2D eigenvalue weighted by atomic mass is 16.5. The predicted octanol–water partition coefficient (Wildman–Crippen LogP) is 3.74. The van der Waals surface area contributed by atoms with Crippen LogP contribution in [-0.4, -0.2) is 29.4 Å². The van der Waals surface area contributed by atoms with Crippen molar-refractivity contribution in [2.24, 2.45) is 0 Å². The number of nitrogens with zero attached hydrogens (tertiary/aromatic N) is 2. The van der Waals surface area contributed by atoms with Crippen molar-refractivity contribution in [3.05, 3.63) is 71.0 Å². The van der Waals surface area contributed by atoms with Crippen LogP contribution in [0.2, 0.25) is 0 Å². The van der Waals surface area contributed by atoms with Crippen LogP contribution in [0.15, 0.2) is 65.5 Å². The molecule has 3 rings (SSSR count). The van der Waals surface area contributed by atoms with E-state index in [1.165, 1.54) is 10.7 Å². The van der Waals surface area contributed by atoms with E-state index in [4.69, 9.17) is 9.47 Å². The van der Waals surface area contributed by atoms with Crippen LogP contribution in [0, 0.1) is 0 Å². The summed E-state index contributed by atoms with van der Waals surface area (Å²) in [7, 11) is 1.59. The van der Waals surface area contributed by atoms with Gasteiger partial charge in [-0.2, -0.15) is 5.10 Å². The Morgan fingerprint density at radius 1 is 1.00 bits per heavy atom. The first-order valence-electron chi connectivity index (χ1n) is 9.84. The minimum absolute atomic E-state index is 0.115. The fraction of sp³-hybridized carbons (Fsp3) is 0.261. The van der Waals surface area contributed by atoms with Gasteiger partial charge in [0, 0.05) is 30.3 Å². The van der Waals surface area contributed by atoms with E-state index in [2.05, 4.69) is 10.4 Å². The lowest BCUT2D eigenvalue weighted by molar-refractivity contribution is -0.116. The first kappa shape index (κ1) is 21.1. The Balaban J connectivity index is 1.57. The van der Waals surface area contributed by atoms with Gasteiger partial charge in [-0.15, -0.1) is 0 Å². The highest BCUT2D eigenvalue weighted by Crippen LogP contribution is 2.20. The molecule has 1 heterocycles. The van der Waals surface area contributed by atoms with Gasteiger partial charge in [0.2, 0.25) is 5.91 Å². The molecule has 3 aromatic rings. The van der Waals surface area contributed by atoms with Gasteiger partial charge in [-0.3, -0.25) is 9.59 Å². The summed E-state index contributed by atoms with van der Waals surface area (Å²) in [5, 5.41) is 7.27. The quantitative estimate of drug-likeness (QED) is 0.584. The van der Waals surface area contributed by atoms with Gasteiger partial charge < -0.3 is 14.8 Å². The fourth-order valence-electron chi connectivity index (χ4n) is 2.94. The second-order valence-electron chi connectivity index (χ2n) is 6.62. The van der Waals surface area contributed by atoms with Gasteiger partial charge in [-0.05, 0) is 67.9 Å². The topological polar surface area (TPSA) is 82.5 Å². The molecular formula is C23H25N3O4. The average Bonchev–Trinajstić information content (AvgIpc) is 2.76. The van der Waals surface area contributed by atoms with Gasteiger partial charge in [-0.1, -0.05) is 0 Å². The Bertz CT molecular complexity index is 1030. The normalized spacial score (nSPS) is 10.5. The summed E-state index contributed by atoms with van der Waals surface area (Å²) in [5.74, 6) is 1.40. The van der Waals surface area contributed by atoms with E-state index < -0.39 is 0 Å². The van der Waals surface area contributed by atoms with Gasteiger partial charge in [0.05, 0.1) is 19.4 Å². The maximum Gasteiger partial charge on any atom is 0.266 e. The van der Waals surface area contributed by atoms with E-state index in [0.717, 1.165) is 17.1 Å². The molecule has 1 aromatic heterocycles. The van der Waals surface area contributed by atoms with Gasteiger partial charge in [-0.25, -0.2) is 4.68 Å². The lowest BCUT2D eigenvalue weighted by Crippen LogP contribution is -2.23. The Morgan fingerprint density at radius 3 is 2.37 bits per heavy atom. The molecule has 0 atom stereocenters. The van der Waals surface area contributed by atoms with E-state index in [9.17, 15) is 9.59 Å². The smallest absolute Gasteiger partial charge is 0.266 e. The number of carbonyl (C=O) groups is 1. The standard InChI is InChI=1S/C23H25N3O4/c1-3-30-20-10-6-17(7-11-20)21-14-15-23(28)26(25-21)16-4-5-22(27)24-18-8-12-19(29-2)13-9-18/h6-15H,3-5,16H2,1-2H3,(H,24,27). The SMILES string of the molecule is CCOc1ccc(-c2ccc(=O)n(CCCC(=O)Nc3ccc(OC)cc3)n2)cc1. The summed E-state index contributed by atoms with van der Waals surface area (Å²) in [4.78, 5) is 24.3. The third-order valence-electron chi connectivity index (χ3n) is 4.48. The van der Waals surface area contributed by atoms with Crippen LogP contribution in [0.25, 0.3) is 11.3 Å². The molecule has 156 valence electrons. The lowest BCUT2D eigenvalue weighted by Gasteiger charge is -2.09. The number of amides is 1. The Labute approximate surface area is 175 Å². The molecule has 0 unspecified atom stereocenters. The zero-order chi connectivity index (χ0) is 21.3. The van der Waals surface area contributed by atoms with Crippen LogP contribution in [-0.2, 0) is 11.3 Å². The van der Waals surface area contributed by atoms with E-state index in [-0.39, 0.29) is 17.9 Å². The van der Waals surface area contributed by atoms with Crippen LogP contribution in [0.3, 0.4) is 0 Å². The molecule has 0 saturated carbocycles. The van der Waals surface area contributed by atoms with Crippen molar-refractivity contribution in [3.8, 4) is 22.8 Å². The predicted molar refractivity (Wildman–Crippen MR) is 116 cm³/mol. The molecule has 30 heavy (non-hydrogen) atoms. The number of aryl methyl sites for hydroxylation is 1. The third-order valence-corrected chi connectivity index (χ3v) is 4.48. The molecule has 1 N–H and O–H groups in total. The van der Waals surface area contributed by atoms with Crippen molar-refractivity contribution in [3.63, 3.8) is 0 Å². The van der Waals surface area contributed by atoms with Crippen molar-refractivity contribution in [1.82, 2.24) is 9.78 Å². The van der Waals surface area contributed by atoms with E-state index in [1.807, 2.05) is 31.2 Å². The Hall–Kier alpha value is -3.61. The van der Waals surface area contributed by atoms with Crippen LogP contribution in [0.4, 0.5) is 5.69 Å². The highest BCUT2D eigenvalue weighted by molar-refractivity contribution is 5.90.